The molecule has 0 aliphatic rings. The Morgan fingerprint density at radius 3 is 2.71 bits per heavy atom. The van der Waals surface area contributed by atoms with Gasteiger partial charge in [0.05, 0.1) is 15.3 Å². The molecule has 2 aromatic heterocycles. The number of para-hydroxylation sites is 1. The normalized spacial score (nSPS) is 12.7. The summed E-state index contributed by atoms with van der Waals surface area (Å²) in [4.78, 5) is 15.1. The van der Waals surface area contributed by atoms with Crippen molar-refractivity contribution in [1.82, 2.24) is 14.8 Å². The zero-order valence-electron chi connectivity index (χ0n) is 13.9. The maximum Gasteiger partial charge on any atom is 0.261 e. The van der Waals surface area contributed by atoms with E-state index in [2.05, 4.69) is 33.1 Å². The Hall–Kier alpha value is -1.82. The lowest BCUT2D eigenvalue weighted by atomic mass is 10.0. The van der Waals surface area contributed by atoms with Gasteiger partial charge in [0.1, 0.15) is 0 Å². The first-order chi connectivity index (χ1) is 11.5. The first kappa shape index (κ1) is 17.0. The van der Waals surface area contributed by atoms with Gasteiger partial charge in [0, 0.05) is 30.7 Å². The van der Waals surface area contributed by atoms with E-state index in [9.17, 15) is 4.79 Å². The number of nitrogens with zero attached hydrogens (tertiary/aromatic N) is 2. The molecule has 0 aliphatic heterocycles. The summed E-state index contributed by atoms with van der Waals surface area (Å²) < 4.78 is 2.75. The van der Waals surface area contributed by atoms with E-state index in [4.69, 9.17) is 11.6 Å². The van der Waals surface area contributed by atoms with Crippen LogP contribution in [0.2, 0.25) is 4.34 Å². The summed E-state index contributed by atoms with van der Waals surface area (Å²) in [6.45, 7) is 0.537. The average molecular weight is 362 g/mol. The number of thiophene rings is 1. The molecule has 3 aromatic rings. The highest BCUT2D eigenvalue weighted by Crippen LogP contribution is 2.28. The van der Waals surface area contributed by atoms with Crippen LogP contribution in [0.3, 0.4) is 0 Å². The molecule has 4 nitrogen and oxygen atoms in total. The second-order valence-corrected chi connectivity index (χ2v) is 7.72. The molecular weight excluding hydrogens is 342 g/mol. The standard InChI is InChI=1S/C18H20ClN3OS/c1-21(2)15(10-20-18(23)16-8-9-17(19)24-16)13-11-22(3)14-7-5-4-6-12(13)14/h4-9,11,15H,10H2,1-3H3,(H,20,23)/t15-/m1/s1. The Morgan fingerprint density at radius 2 is 2.04 bits per heavy atom. The third-order valence-electron chi connectivity index (χ3n) is 4.16. The number of likely N-dealkylation sites (N-methyl/N-ethyl adjacent to an activating group) is 1. The smallest absolute Gasteiger partial charge is 0.261 e. The van der Waals surface area contributed by atoms with Crippen molar-refractivity contribution in [2.24, 2.45) is 7.05 Å². The lowest BCUT2D eigenvalue weighted by Gasteiger charge is -2.24. The third-order valence-corrected chi connectivity index (χ3v) is 5.39. The summed E-state index contributed by atoms with van der Waals surface area (Å²) in [6.07, 6.45) is 2.14. The topological polar surface area (TPSA) is 37.3 Å². The molecule has 0 radical (unpaired) electrons. The summed E-state index contributed by atoms with van der Waals surface area (Å²) in [5.41, 5.74) is 2.40. The molecule has 0 fully saturated rings. The number of hydrogen-bond acceptors (Lipinski definition) is 3. The summed E-state index contributed by atoms with van der Waals surface area (Å²) in [7, 11) is 6.10. The van der Waals surface area contributed by atoms with Gasteiger partial charge in [0.25, 0.3) is 5.91 Å². The molecule has 1 N–H and O–H groups in total. The molecule has 0 spiro atoms. The highest BCUT2D eigenvalue weighted by molar-refractivity contribution is 7.17. The van der Waals surface area contributed by atoms with Crippen molar-refractivity contribution in [3.05, 3.63) is 57.4 Å². The molecule has 0 aliphatic carbocycles. The van der Waals surface area contributed by atoms with Crippen LogP contribution in [0.15, 0.2) is 42.6 Å². The van der Waals surface area contributed by atoms with Crippen LogP contribution in [0.1, 0.15) is 21.3 Å². The molecule has 0 saturated carbocycles. The molecule has 1 atom stereocenters. The molecule has 2 heterocycles. The number of aromatic nitrogens is 1. The van der Waals surface area contributed by atoms with Crippen molar-refractivity contribution in [2.45, 2.75) is 6.04 Å². The van der Waals surface area contributed by atoms with Crippen molar-refractivity contribution < 1.29 is 4.79 Å². The van der Waals surface area contributed by atoms with Crippen LogP contribution in [0.4, 0.5) is 0 Å². The Kier molecular flexibility index (Phi) is 4.94. The fourth-order valence-corrected chi connectivity index (χ4v) is 3.88. The molecule has 126 valence electrons. The van der Waals surface area contributed by atoms with Crippen molar-refractivity contribution in [3.63, 3.8) is 0 Å². The zero-order valence-corrected chi connectivity index (χ0v) is 15.5. The van der Waals surface area contributed by atoms with Crippen molar-refractivity contribution in [1.29, 1.82) is 0 Å². The third kappa shape index (κ3) is 3.34. The summed E-state index contributed by atoms with van der Waals surface area (Å²) in [6, 6.07) is 11.9. The van der Waals surface area contributed by atoms with Crippen molar-refractivity contribution >= 4 is 39.7 Å². The Balaban J connectivity index is 1.83. The number of carbonyl (C=O) groups is 1. The number of fused-ring (bicyclic) bond motifs is 1. The SMILES string of the molecule is CN(C)[C@H](CNC(=O)c1ccc(Cl)s1)c1cn(C)c2ccccc12. The lowest BCUT2D eigenvalue weighted by Crippen LogP contribution is -2.34. The number of benzene rings is 1. The van der Waals surface area contributed by atoms with Crippen LogP contribution in [0, 0.1) is 0 Å². The molecule has 24 heavy (non-hydrogen) atoms. The second kappa shape index (κ2) is 6.97. The summed E-state index contributed by atoms with van der Waals surface area (Å²) in [5.74, 6) is -0.0843. The minimum absolute atomic E-state index is 0.0843. The largest absolute Gasteiger partial charge is 0.350 e. The molecule has 6 heteroatoms. The van der Waals surface area contributed by atoms with Gasteiger partial charge in [0.2, 0.25) is 0 Å². The van der Waals surface area contributed by atoms with Gasteiger partial charge in [-0.15, -0.1) is 11.3 Å². The van der Waals surface area contributed by atoms with Crippen LogP contribution in [-0.2, 0) is 7.05 Å². The van der Waals surface area contributed by atoms with Gasteiger partial charge in [-0.1, -0.05) is 29.8 Å². The van der Waals surface area contributed by atoms with E-state index in [1.807, 2.05) is 33.3 Å². The molecular formula is C18H20ClN3OS. The van der Waals surface area contributed by atoms with E-state index in [0.717, 1.165) is 0 Å². The maximum atomic E-state index is 12.3. The first-order valence-electron chi connectivity index (χ1n) is 7.71. The molecule has 1 amide bonds. The fourth-order valence-electron chi connectivity index (χ4n) is 2.92. The Morgan fingerprint density at radius 1 is 1.29 bits per heavy atom. The average Bonchev–Trinajstić information content (AvgIpc) is 3.12. The van der Waals surface area contributed by atoms with E-state index in [1.165, 1.54) is 27.8 Å². The number of nitrogens with one attached hydrogen (secondary N) is 1. The Labute approximate surface area is 150 Å². The Bertz CT molecular complexity index is 868. The van der Waals surface area contributed by atoms with E-state index in [1.54, 1.807) is 12.1 Å². The highest BCUT2D eigenvalue weighted by atomic mass is 35.5. The summed E-state index contributed by atoms with van der Waals surface area (Å²) in [5, 5.41) is 4.24. The first-order valence-corrected chi connectivity index (χ1v) is 8.90. The van der Waals surface area contributed by atoms with Crippen LogP contribution < -0.4 is 5.32 Å². The quantitative estimate of drug-likeness (QED) is 0.747. The molecule has 3 rings (SSSR count). The van der Waals surface area contributed by atoms with Gasteiger partial charge < -0.3 is 14.8 Å². The van der Waals surface area contributed by atoms with E-state index in [-0.39, 0.29) is 11.9 Å². The monoisotopic (exact) mass is 361 g/mol. The molecule has 0 bridgehead atoms. The minimum atomic E-state index is -0.0843. The number of aryl methyl sites for hydroxylation is 1. The predicted molar refractivity (Wildman–Crippen MR) is 101 cm³/mol. The van der Waals surface area contributed by atoms with Crippen LogP contribution in [0.25, 0.3) is 10.9 Å². The van der Waals surface area contributed by atoms with Gasteiger partial charge in [-0.05, 0) is 37.9 Å². The number of amides is 1. The van der Waals surface area contributed by atoms with Gasteiger partial charge in [0.15, 0.2) is 0 Å². The van der Waals surface area contributed by atoms with Gasteiger partial charge in [-0.3, -0.25) is 4.79 Å². The zero-order chi connectivity index (χ0) is 17.3. The molecule has 1 aromatic carbocycles. The van der Waals surface area contributed by atoms with Gasteiger partial charge in [-0.25, -0.2) is 0 Å². The molecule has 0 unspecified atom stereocenters. The van der Waals surface area contributed by atoms with Crippen molar-refractivity contribution in [3.8, 4) is 0 Å². The second-order valence-electron chi connectivity index (χ2n) is 6.01. The van der Waals surface area contributed by atoms with E-state index in [0.29, 0.717) is 15.8 Å². The van der Waals surface area contributed by atoms with Crippen molar-refractivity contribution in [2.75, 3.05) is 20.6 Å². The van der Waals surface area contributed by atoms with Gasteiger partial charge in [-0.2, -0.15) is 0 Å². The van der Waals surface area contributed by atoms with Crippen LogP contribution in [-0.4, -0.2) is 36.0 Å². The minimum Gasteiger partial charge on any atom is -0.350 e. The lowest BCUT2D eigenvalue weighted by molar-refractivity contribution is 0.0946. The predicted octanol–water partition coefficient (Wildman–Crippen LogP) is 3.93. The number of halogens is 1. The maximum absolute atomic E-state index is 12.3. The fraction of sp³-hybridized carbons (Fsp3) is 0.278. The number of rotatable bonds is 5. The van der Waals surface area contributed by atoms with Gasteiger partial charge >= 0.3 is 0 Å². The van der Waals surface area contributed by atoms with Crippen LogP contribution in [0.5, 0.6) is 0 Å². The summed E-state index contributed by atoms with van der Waals surface area (Å²) >= 11 is 7.20. The van der Waals surface area contributed by atoms with Crippen LogP contribution >= 0.6 is 22.9 Å². The van der Waals surface area contributed by atoms with E-state index >= 15 is 0 Å². The highest BCUT2D eigenvalue weighted by Gasteiger charge is 2.20. The van der Waals surface area contributed by atoms with E-state index < -0.39 is 0 Å². The number of hydrogen-bond donors (Lipinski definition) is 1. The molecule has 0 saturated heterocycles. The number of carbonyl (C=O) groups excluding carboxylic acids is 1.